The Labute approximate surface area is 230 Å². The van der Waals surface area contributed by atoms with Crippen LogP contribution in [0.1, 0.15) is 11.1 Å². The van der Waals surface area contributed by atoms with Gasteiger partial charge in [-0.25, -0.2) is 5.43 Å². The van der Waals surface area contributed by atoms with Crippen molar-refractivity contribution in [2.45, 2.75) is 6.61 Å². The van der Waals surface area contributed by atoms with E-state index in [4.69, 9.17) is 9.47 Å². The molecule has 0 aliphatic carbocycles. The van der Waals surface area contributed by atoms with Crippen molar-refractivity contribution in [2.75, 3.05) is 6.61 Å². The van der Waals surface area contributed by atoms with Gasteiger partial charge >= 0.3 is 0 Å². The lowest BCUT2D eigenvalue weighted by Gasteiger charge is -2.13. The van der Waals surface area contributed by atoms with Gasteiger partial charge in [0.05, 0.1) is 15.2 Å². The average molecular weight is 619 g/mol. The van der Waals surface area contributed by atoms with Gasteiger partial charge in [0, 0.05) is 11.6 Å². The van der Waals surface area contributed by atoms with Gasteiger partial charge in [-0.2, -0.15) is 5.10 Å². The Morgan fingerprint density at radius 2 is 1.62 bits per heavy atom. The lowest BCUT2D eigenvalue weighted by Crippen LogP contribution is -2.24. The van der Waals surface area contributed by atoms with Gasteiger partial charge in [0.2, 0.25) is 0 Å². The number of amides is 1. The third-order valence-electron chi connectivity index (χ3n) is 5.63. The SMILES string of the molecule is O=C(COc1cccc2cccnc12)N/N=C\c1cc(Br)c(OCc2cccc3ccccc23)c(Br)c1. The molecule has 0 unspecified atom stereocenters. The maximum Gasteiger partial charge on any atom is 0.277 e. The van der Waals surface area contributed by atoms with Gasteiger partial charge in [-0.05, 0) is 78.0 Å². The third-order valence-corrected chi connectivity index (χ3v) is 6.81. The number of ether oxygens (including phenoxy) is 2. The number of carbonyl (C=O) groups is 1. The molecule has 5 aromatic rings. The highest BCUT2D eigenvalue weighted by molar-refractivity contribution is 9.11. The average Bonchev–Trinajstić information content (AvgIpc) is 2.91. The van der Waals surface area contributed by atoms with Crippen LogP contribution >= 0.6 is 31.9 Å². The van der Waals surface area contributed by atoms with Crippen molar-refractivity contribution < 1.29 is 14.3 Å². The number of fused-ring (bicyclic) bond motifs is 2. The summed E-state index contributed by atoms with van der Waals surface area (Å²) in [5.74, 6) is 0.854. The fourth-order valence-electron chi connectivity index (χ4n) is 3.91. The topological polar surface area (TPSA) is 72.8 Å². The maximum atomic E-state index is 12.2. The van der Waals surface area contributed by atoms with Crippen molar-refractivity contribution in [1.29, 1.82) is 0 Å². The van der Waals surface area contributed by atoms with Gasteiger partial charge in [0.15, 0.2) is 6.61 Å². The molecule has 5 rings (SSSR count). The zero-order chi connectivity index (χ0) is 25.6. The van der Waals surface area contributed by atoms with Crippen molar-refractivity contribution in [3.8, 4) is 11.5 Å². The minimum Gasteiger partial charge on any atom is -0.487 e. The van der Waals surface area contributed by atoms with E-state index in [1.807, 2.05) is 54.6 Å². The molecular formula is C29H21Br2N3O3. The number of para-hydroxylation sites is 1. The van der Waals surface area contributed by atoms with E-state index >= 15 is 0 Å². The van der Waals surface area contributed by atoms with Crippen molar-refractivity contribution in [3.63, 3.8) is 0 Å². The number of hydrazone groups is 1. The Balaban J connectivity index is 1.19. The lowest BCUT2D eigenvalue weighted by atomic mass is 10.1. The molecule has 0 radical (unpaired) electrons. The highest BCUT2D eigenvalue weighted by Gasteiger charge is 2.11. The van der Waals surface area contributed by atoms with Gasteiger partial charge in [0.1, 0.15) is 23.6 Å². The zero-order valence-electron chi connectivity index (χ0n) is 19.5. The molecule has 1 aromatic heterocycles. The molecule has 37 heavy (non-hydrogen) atoms. The first-order valence-corrected chi connectivity index (χ1v) is 13.0. The van der Waals surface area contributed by atoms with E-state index in [1.165, 1.54) is 5.39 Å². The molecule has 0 aliphatic heterocycles. The number of carbonyl (C=O) groups excluding carboxylic acids is 1. The van der Waals surface area contributed by atoms with E-state index in [-0.39, 0.29) is 12.5 Å². The van der Waals surface area contributed by atoms with Crippen LogP contribution in [0.3, 0.4) is 0 Å². The minimum atomic E-state index is -0.377. The summed E-state index contributed by atoms with van der Waals surface area (Å²) in [4.78, 5) is 16.6. The number of rotatable bonds is 8. The summed E-state index contributed by atoms with van der Waals surface area (Å²) in [5.41, 5.74) is 5.07. The Morgan fingerprint density at radius 3 is 2.49 bits per heavy atom. The molecule has 0 atom stereocenters. The number of pyridine rings is 1. The predicted octanol–water partition coefficient (Wildman–Crippen LogP) is 7.02. The first-order valence-electron chi connectivity index (χ1n) is 11.5. The number of halogens is 2. The van der Waals surface area contributed by atoms with E-state index in [2.05, 4.69) is 71.6 Å². The molecule has 0 fully saturated rings. The third kappa shape index (κ3) is 5.98. The van der Waals surface area contributed by atoms with Gasteiger partial charge < -0.3 is 9.47 Å². The number of nitrogens with one attached hydrogen (secondary N) is 1. The lowest BCUT2D eigenvalue weighted by molar-refractivity contribution is -0.123. The fraction of sp³-hybridized carbons (Fsp3) is 0.0690. The predicted molar refractivity (Wildman–Crippen MR) is 153 cm³/mol. The number of benzene rings is 4. The number of nitrogens with zero attached hydrogens (tertiary/aromatic N) is 2. The summed E-state index contributed by atoms with van der Waals surface area (Å²) in [7, 11) is 0. The van der Waals surface area contributed by atoms with Crippen LogP contribution in [-0.4, -0.2) is 23.7 Å². The summed E-state index contributed by atoms with van der Waals surface area (Å²) in [5, 5.41) is 7.34. The Bertz CT molecular complexity index is 1590. The molecule has 0 spiro atoms. The second-order valence-electron chi connectivity index (χ2n) is 8.15. The van der Waals surface area contributed by atoms with Gasteiger partial charge in [-0.15, -0.1) is 0 Å². The van der Waals surface area contributed by atoms with Gasteiger partial charge in [-0.3, -0.25) is 9.78 Å². The minimum absolute atomic E-state index is 0.179. The monoisotopic (exact) mass is 617 g/mol. The Hall–Kier alpha value is -3.75. The van der Waals surface area contributed by atoms with Crippen LogP contribution in [0.4, 0.5) is 0 Å². The largest absolute Gasteiger partial charge is 0.487 e. The normalized spacial score (nSPS) is 11.2. The maximum absolute atomic E-state index is 12.2. The van der Waals surface area contributed by atoms with Gasteiger partial charge in [0.25, 0.3) is 5.91 Å². The summed E-state index contributed by atoms with van der Waals surface area (Å²) < 4.78 is 13.3. The number of aromatic nitrogens is 1. The van der Waals surface area contributed by atoms with Crippen LogP contribution in [0.15, 0.2) is 105 Å². The fourth-order valence-corrected chi connectivity index (χ4v) is 5.36. The molecule has 6 nitrogen and oxygen atoms in total. The van der Waals surface area contributed by atoms with Crippen LogP contribution in [0.5, 0.6) is 11.5 Å². The van der Waals surface area contributed by atoms with E-state index in [9.17, 15) is 4.79 Å². The smallest absolute Gasteiger partial charge is 0.277 e. The molecule has 8 heteroatoms. The Kier molecular flexibility index (Phi) is 7.77. The zero-order valence-corrected chi connectivity index (χ0v) is 22.7. The summed E-state index contributed by atoms with van der Waals surface area (Å²) in [6.45, 7) is 0.246. The van der Waals surface area contributed by atoms with Crippen molar-refractivity contribution in [1.82, 2.24) is 10.4 Å². The van der Waals surface area contributed by atoms with Gasteiger partial charge in [-0.1, -0.05) is 60.7 Å². The van der Waals surface area contributed by atoms with Crippen LogP contribution in [-0.2, 0) is 11.4 Å². The van der Waals surface area contributed by atoms with Crippen LogP contribution in [0.25, 0.3) is 21.7 Å². The molecule has 184 valence electrons. The number of hydrogen-bond acceptors (Lipinski definition) is 5. The van der Waals surface area contributed by atoms with Crippen LogP contribution < -0.4 is 14.9 Å². The highest BCUT2D eigenvalue weighted by atomic mass is 79.9. The first-order chi connectivity index (χ1) is 18.1. The molecule has 4 aromatic carbocycles. The molecular weight excluding hydrogens is 598 g/mol. The molecule has 0 bridgehead atoms. The highest BCUT2D eigenvalue weighted by Crippen LogP contribution is 2.35. The molecule has 0 aliphatic rings. The van der Waals surface area contributed by atoms with Crippen molar-refractivity contribution in [3.05, 3.63) is 111 Å². The summed E-state index contributed by atoms with van der Waals surface area (Å²) in [6.07, 6.45) is 3.25. The quantitative estimate of drug-likeness (QED) is 0.150. The van der Waals surface area contributed by atoms with E-state index in [1.54, 1.807) is 18.5 Å². The van der Waals surface area contributed by atoms with Crippen LogP contribution in [0.2, 0.25) is 0 Å². The van der Waals surface area contributed by atoms with Crippen molar-refractivity contribution >= 4 is 65.7 Å². The molecule has 1 N–H and O–H groups in total. The summed E-state index contributed by atoms with van der Waals surface area (Å²) >= 11 is 7.17. The first kappa shape index (κ1) is 24.9. The standard InChI is InChI=1S/C29H21Br2N3O3/c30-24-14-19(15-25(31)29(24)37-17-22-9-3-7-20-6-1-2-11-23(20)22)16-33-34-27(35)18-36-26-12-4-8-21-10-5-13-32-28(21)26/h1-16H,17-18H2,(H,34,35)/b33-16-. The molecule has 0 saturated heterocycles. The molecule has 0 saturated carbocycles. The molecule has 1 heterocycles. The van der Waals surface area contributed by atoms with Crippen LogP contribution in [0, 0.1) is 0 Å². The number of hydrogen-bond donors (Lipinski definition) is 1. The van der Waals surface area contributed by atoms with E-state index in [0.717, 1.165) is 30.8 Å². The second-order valence-corrected chi connectivity index (χ2v) is 9.86. The van der Waals surface area contributed by atoms with E-state index < -0.39 is 0 Å². The van der Waals surface area contributed by atoms with E-state index in [0.29, 0.717) is 23.6 Å². The molecule has 1 amide bonds. The Morgan fingerprint density at radius 1 is 0.892 bits per heavy atom. The van der Waals surface area contributed by atoms with Crippen molar-refractivity contribution in [2.24, 2.45) is 5.10 Å². The summed E-state index contributed by atoms with van der Waals surface area (Å²) in [6, 6.07) is 27.5. The second kappa shape index (κ2) is 11.5.